The number of nitrogens with zero attached hydrogens (tertiary/aromatic N) is 1. The van der Waals surface area contributed by atoms with Gasteiger partial charge in [0.2, 0.25) is 0 Å². The van der Waals surface area contributed by atoms with E-state index >= 15 is 0 Å². The lowest BCUT2D eigenvalue weighted by Crippen LogP contribution is -2.28. The largest absolute Gasteiger partial charge is 0.522 e. The van der Waals surface area contributed by atoms with Crippen molar-refractivity contribution in [2.45, 2.75) is 19.5 Å². The summed E-state index contributed by atoms with van der Waals surface area (Å²) in [6.07, 6.45) is -4.70. The van der Waals surface area contributed by atoms with Gasteiger partial charge in [0.05, 0.1) is 12.1 Å². The molecule has 0 atom stereocenters. The van der Waals surface area contributed by atoms with Gasteiger partial charge in [-0.3, -0.25) is 9.53 Å². The average Bonchev–Trinajstić information content (AvgIpc) is 2.39. The third-order valence-corrected chi connectivity index (χ3v) is 2.88. The molecule has 2 N–H and O–H groups in total. The zero-order valence-corrected chi connectivity index (χ0v) is 10.5. The fourth-order valence-electron chi connectivity index (χ4n) is 2.01. The third kappa shape index (κ3) is 3.17. The average molecular weight is 286 g/mol. The number of alkyl halides is 3. The van der Waals surface area contributed by atoms with E-state index in [1.54, 1.807) is 30.3 Å². The van der Waals surface area contributed by atoms with Crippen LogP contribution in [0.1, 0.15) is 5.56 Å². The van der Waals surface area contributed by atoms with Crippen molar-refractivity contribution in [2.24, 2.45) is 5.73 Å². The molecule has 1 aromatic heterocycles. The fraction of sp³-hybridized carbons (Fsp3) is 0.308. The molecule has 0 unspecified atom stereocenters. The maximum Gasteiger partial charge on any atom is 0.522 e. The van der Waals surface area contributed by atoms with E-state index in [0.717, 1.165) is 5.39 Å². The lowest BCUT2D eigenvalue weighted by Gasteiger charge is -2.13. The molecule has 4 nitrogen and oxygen atoms in total. The van der Waals surface area contributed by atoms with Gasteiger partial charge in [-0.25, -0.2) is 0 Å². The van der Waals surface area contributed by atoms with E-state index in [-0.39, 0.29) is 13.1 Å². The third-order valence-electron chi connectivity index (χ3n) is 2.88. The molecule has 0 saturated carbocycles. The van der Waals surface area contributed by atoms with Crippen molar-refractivity contribution in [2.75, 3.05) is 6.61 Å². The highest BCUT2D eigenvalue weighted by Gasteiger charge is 2.28. The zero-order chi connectivity index (χ0) is 14.8. The highest BCUT2D eigenvalue weighted by molar-refractivity contribution is 5.79. The van der Waals surface area contributed by atoms with Gasteiger partial charge in [-0.05, 0) is 17.5 Å². The molecule has 0 bridgehead atoms. The Labute approximate surface area is 112 Å². The van der Waals surface area contributed by atoms with Crippen LogP contribution in [0.3, 0.4) is 0 Å². The van der Waals surface area contributed by atoms with Gasteiger partial charge in [0.25, 0.3) is 5.56 Å². The number of rotatable bonds is 4. The molecular weight excluding hydrogens is 273 g/mol. The number of ether oxygens (including phenoxy) is 1. The number of hydrogen-bond donors (Lipinski definition) is 1. The first-order chi connectivity index (χ1) is 9.42. The van der Waals surface area contributed by atoms with E-state index in [9.17, 15) is 18.0 Å². The number of halogens is 3. The van der Waals surface area contributed by atoms with Crippen molar-refractivity contribution in [1.29, 1.82) is 0 Å². The van der Waals surface area contributed by atoms with Gasteiger partial charge in [0, 0.05) is 18.7 Å². The van der Waals surface area contributed by atoms with E-state index in [1.807, 2.05) is 0 Å². The highest BCUT2D eigenvalue weighted by atomic mass is 19.4. The number of aromatic nitrogens is 1. The smallest absolute Gasteiger partial charge is 0.326 e. The van der Waals surface area contributed by atoms with Crippen molar-refractivity contribution in [1.82, 2.24) is 4.57 Å². The summed E-state index contributed by atoms with van der Waals surface area (Å²) < 4.78 is 40.9. The summed E-state index contributed by atoms with van der Waals surface area (Å²) in [6.45, 7) is -0.780. The van der Waals surface area contributed by atoms with Crippen molar-refractivity contribution in [3.8, 4) is 0 Å². The summed E-state index contributed by atoms with van der Waals surface area (Å²) in [5.41, 5.74) is 6.01. The molecular formula is C13H13F3N2O2. The summed E-state index contributed by atoms with van der Waals surface area (Å²) in [5, 5.41) is 0.750. The molecule has 0 amide bonds. The lowest BCUT2D eigenvalue weighted by atomic mass is 10.1. The van der Waals surface area contributed by atoms with Crippen LogP contribution < -0.4 is 11.3 Å². The Morgan fingerprint density at radius 3 is 2.60 bits per heavy atom. The maximum absolute atomic E-state index is 12.1. The SMILES string of the molecule is NCc1cc2ccccc2n(CCOC(F)(F)F)c1=O. The molecule has 1 heterocycles. The van der Waals surface area contributed by atoms with E-state index in [4.69, 9.17) is 5.73 Å². The van der Waals surface area contributed by atoms with Gasteiger partial charge in [-0.15, -0.1) is 13.2 Å². The van der Waals surface area contributed by atoms with E-state index in [2.05, 4.69) is 4.74 Å². The Kier molecular flexibility index (Phi) is 4.10. The molecule has 0 saturated heterocycles. The lowest BCUT2D eigenvalue weighted by molar-refractivity contribution is -0.325. The predicted molar refractivity (Wildman–Crippen MR) is 68.1 cm³/mol. The Balaban J connectivity index is 2.39. The first-order valence-electron chi connectivity index (χ1n) is 5.94. The Hall–Kier alpha value is -1.86. The molecule has 0 aliphatic rings. The van der Waals surface area contributed by atoms with Crippen LogP contribution in [0.15, 0.2) is 35.1 Å². The van der Waals surface area contributed by atoms with Crippen molar-refractivity contribution < 1.29 is 17.9 Å². The molecule has 0 radical (unpaired) electrons. The zero-order valence-electron chi connectivity index (χ0n) is 10.5. The first-order valence-corrected chi connectivity index (χ1v) is 5.94. The molecule has 2 rings (SSSR count). The Morgan fingerprint density at radius 1 is 1.25 bits per heavy atom. The summed E-state index contributed by atoms with van der Waals surface area (Å²) in [5.74, 6) is 0. The Bertz CT molecular complexity index is 665. The minimum atomic E-state index is -4.70. The summed E-state index contributed by atoms with van der Waals surface area (Å²) in [4.78, 5) is 12.1. The minimum Gasteiger partial charge on any atom is -0.326 e. The van der Waals surface area contributed by atoms with Crippen LogP contribution >= 0.6 is 0 Å². The van der Waals surface area contributed by atoms with Gasteiger partial charge >= 0.3 is 6.36 Å². The second kappa shape index (κ2) is 5.64. The van der Waals surface area contributed by atoms with Gasteiger partial charge in [-0.1, -0.05) is 18.2 Å². The maximum atomic E-state index is 12.1. The molecule has 108 valence electrons. The molecule has 2 aromatic rings. The molecule has 0 aliphatic heterocycles. The van der Waals surface area contributed by atoms with Crippen LogP contribution in [0.25, 0.3) is 10.9 Å². The normalized spacial score (nSPS) is 12.0. The second-order valence-corrected chi connectivity index (χ2v) is 4.18. The molecule has 0 aliphatic carbocycles. The number of pyridine rings is 1. The predicted octanol–water partition coefficient (Wildman–Crippen LogP) is 2.00. The van der Waals surface area contributed by atoms with Crippen LogP contribution in [0.5, 0.6) is 0 Å². The molecule has 7 heteroatoms. The molecule has 20 heavy (non-hydrogen) atoms. The summed E-state index contributed by atoms with van der Waals surface area (Å²) in [6, 6.07) is 8.59. The molecule has 0 spiro atoms. The van der Waals surface area contributed by atoms with Crippen LogP contribution in [-0.4, -0.2) is 17.5 Å². The van der Waals surface area contributed by atoms with E-state index in [1.165, 1.54) is 4.57 Å². The summed E-state index contributed by atoms with van der Waals surface area (Å²) >= 11 is 0. The fourth-order valence-corrected chi connectivity index (χ4v) is 2.01. The number of benzene rings is 1. The number of para-hydroxylation sites is 1. The van der Waals surface area contributed by atoms with Crippen molar-refractivity contribution in [3.63, 3.8) is 0 Å². The standard InChI is InChI=1S/C13H13F3N2O2/c14-13(15,16)20-6-5-18-11-4-2-1-3-9(11)7-10(8-17)12(18)19/h1-4,7H,5-6,8,17H2. The monoisotopic (exact) mass is 286 g/mol. The number of hydrogen-bond acceptors (Lipinski definition) is 3. The van der Waals surface area contributed by atoms with Crippen molar-refractivity contribution in [3.05, 3.63) is 46.2 Å². The van der Waals surface area contributed by atoms with Crippen LogP contribution in [0.4, 0.5) is 13.2 Å². The topological polar surface area (TPSA) is 57.2 Å². The van der Waals surface area contributed by atoms with Crippen LogP contribution in [0, 0.1) is 0 Å². The van der Waals surface area contributed by atoms with Gasteiger partial charge in [-0.2, -0.15) is 0 Å². The van der Waals surface area contributed by atoms with Gasteiger partial charge in [0.1, 0.15) is 0 Å². The highest BCUT2D eigenvalue weighted by Crippen LogP contribution is 2.17. The quantitative estimate of drug-likeness (QED) is 0.935. The summed E-state index contributed by atoms with van der Waals surface area (Å²) in [7, 11) is 0. The number of fused-ring (bicyclic) bond motifs is 1. The minimum absolute atomic E-state index is 0.0315. The number of nitrogens with two attached hydrogens (primary N) is 1. The first kappa shape index (κ1) is 14.5. The second-order valence-electron chi connectivity index (χ2n) is 4.18. The molecule has 0 fully saturated rings. The van der Waals surface area contributed by atoms with E-state index in [0.29, 0.717) is 11.1 Å². The Morgan fingerprint density at radius 2 is 1.95 bits per heavy atom. The van der Waals surface area contributed by atoms with Crippen LogP contribution in [-0.2, 0) is 17.8 Å². The van der Waals surface area contributed by atoms with Gasteiger partial charge in [0.15, 0.2) is 0 Å². The van der Waals surface area contributed by atoms with Crippen molar-refractivity contribution >= 4 is 10.9 Å². The molecule has 1 aromatic carbocycles. The van der Waals surface area contributed by atoms with Gasteiger partial charge < -0.3 is 10.3 Å². The van der Waals surface area contributed by atoms with E-state index < -0.39 is 18.5 Å². The van der Waals surface area contributed by atoms with Crippen LogP contribution in [0.2, 0.25) is 0 Å².